The number of nitrogens with zero attached hydrogens (tertiary/aromatic N) is 3. The van der Waals surface area contributed by atoms with Crippen molar-refractivity contribution in [3.05, 3.63) is 111 Å². The number of carbonyl (C=O) groups excluding carboxylic acids is 1. The number of halogens is 6. The molecule has 1 aliphatic rings. The first kappa shape index (κ1) is 40.1. The van der Waals surface area contributed by atoms with Gasteiger partial charge in [0.25, 0.3) is 5.91 Å². The zero-order valence-corrected chi connectivity index (χ0v) is 29.6. The van der Waals surface area contributed by atoms with E-state index in [9.17, 15) is 31.1 Å². The van der Waals surface area contributed by atoms with Gasteiger partial charge >= 0.3 is 12.4 Å². The molecule has 1 aliphatic heterocycles. The second-order valence-electron chi connectivity index (χ2n) is 12.0. The summed E-state index contributed by atoms with van der Waals surface area (Å²) in [5.74, 6) is 1.35. The standard InChI is InChI=1S/C36H40F6N4O.CH2NP/c1-5-6-9-23(2)25(4)33(43)30-21-28(14-12-24(30)3)44-34(47)29-11-8-7-10-26(29)22-45-16-18-46(19-17-45)32-15-13-27(35(37,38)39)20-31(32)36(40,41)42;2-1-3/h7-15,20-21H,5-6,16-19,22,43H2,1-4H3,(H,44,47);3H2/b23-9+,33-25+;. The molecule has 0 aliphatic carbocycles. The van der Waals surface area contributed by atoms with Gasteiger partial charge in [-0.1, -0.05) is 49.3 Å². The third-order valence-electron chi connectivity index (χ3n) is 8.52. The number of aryl methyl sites for hydroxylation is 1. The number of unbranched alkanes of at least 4 members (excludes halogenated alkanes) is 1. The summed E-state index contributed by atoms with van der Waals surface area (Å²) in [6.45, 7) is 9.52. The molecule has 1 unspecified atom stereocenters. The number of benzene rings is 3. The number of nitriles is 1. The summed E-state index contributed by atoms with van der Waals surface area (Å²) >= 11 is 0. The summed E-state index contributed by atoms with van der Waals surface area (Å²) < 4.78 is 80.6. The molecule has 1 saturated heterocycles. The molecule has 0 spiro atoms. The van der Waals surface area contributed by atoms with Crippen LogP contribution in [0.1, 0.15) is 71.8 Å². The topological polar surface area (TPSA) is 85.4 Å². The molecule has 1 fully saturated rings. The monoisotopic (exact) mass is 717 g/mol. The number of rotatable bonds is 9. The maximum Gasteiger partial charge on any atom is 0.418 e. The minimum Gasteiger partial charge on any atom is -0.398 e. The molecule has 1 atom stereocenters. The van der Waals surface area contributed by atoms with E-state index in [1.807, 2.05) is 65.2 Å². The smallest absolute Gasteiger partial charge is 0.398 e. The molecular formula is C37H42F6N5OP. The number of alkyl halides is 6. The highest BCUT2D eigenvalue weighted by atomic mass is 31.0. The number of nitrogens with one attached hydrogen (secondary N) is 1. The third kappa shape index (κ3) is 10.6. The molecule has 3 N–H and O–H groups in total. The van der Waals surface area contributed by atoms with E-state index < -0.39 is 23.5 Å². The average molecular weight is 718 g/mol. The van der Waals surface area contributed by atoms with Crippen LogP contribution in [0.15, 0.2) is 77.9 Å². The Morgan fingerprint density at radius 1 is 0.960 bits per heavy atom. The van der Waals surface area contributed by atoms with E-state index >= 15 is 0 Å². The molecule has 268 valence electrons. The first-order valence-electron chi connectivity index (χ1n) is 16.0. The number of hydrogen-bond acceptors (Lipinski definition) is 5. The summed E-state index contributed by atoms with van der Waals surface area (Å²) in [7, 11) is 1.88. The van der Waals surface area contributed by atoms with Crippen molar-refractivity contribution in [3.8, 4) is 5.81 Å². The van der Waals surface area contributed by atoms with Gasteiger partial charge in [-0.25, -0.2) is 0 Å². The summed E-state index contributed by atoms with van der Waals surface area (Å²) in [5, 5.41) is 10.3. The van der Waals surface area contributed by atoms with Gasteiger partial charge in [-0.2, -0.15) is 31.6 Å². The largest absolute Gasteiger partial charge is 0.418 e. The highest BCUT2D eigenvalue weighted by Gasteiger charge is 2.39. The number of anilines is 2. The molecule has 4 rings (SSSR count). The van der Waals surface area contributed by atoms with Crippen molar-refractivity contribution in [2.24, 2.45) is 5.73 Å². The fourth-order valence-corrected chi connectivity index (χ4v) is 5.60. The van der Waals surface area contributed by atoms with Crippen LogP contribution in [0.25, 0.3) is 5.70 Å². The summed E-state index contributed by atoms with van der Waals surface area (Å²) in [6.07, 6.45) is -5.67. The van der Waals surface area contributed by atoms with Crippen LogP contribution < -0.4 is 16.0 Å². The van der Waals surface area contributed by atoms with Crippen LogP contribution in [0.4, 0.5) is 37.7 Å². The normalized spacial score (nSPS) is 14.7. The number of hydrogen-bond donors (Lipinski definition) is 2. The number of allylic oxidation sites excluding steroid dienone is 3. The summed E-state index contributed by atoms with van der Waals surface area (Å²) in [6, 6.07) is 14.4. The maximum absolute atomic E-state index is 13.7. The van der Waals surface area contributed by atoms with Gasteiger partial charge in [0.1, 0.15) is 0 Å². The van der Waals surface area contributed by atoms with Crippen LogP contribution in [-0.2, 0) is 18.9 Å². The molecule has 0 saturated carbocycles. The highest BCUT2D eigenvalue weighted by Crippen LogP contribution is 2.41. The average Bonchev–Trinajstić information content (AvgIpc) is 3.07. The Balaban J connectivity index is 0.00000217. The highest BCUT2D eigenvalue weighted by molar-refractivity contribution is 7.23. The molecule has 0 radical (unpaired) electrons. The Morgan fingerprint density at radius 3 is 2.20 bits per heavy atom. The fourth-order valence-electron chi connectivity index (χ4n) is 5.60. The Labute approximate surface area is 291 Å². The number of piperazine rings is 1. The lowest BCUT2D eigenvalue weighted by Crippen LogP contribution is -2.46. The van der Waals surface area contributed by atoms with E-state index in [1.165, 1.54) is 4.90 Å². The van der Waals surface area contributed by atoms with Crippen molar-refractivity contribution in [2.75, 3.05) is 36.4 Å². The predicted molar refractivity (Wildman–Crippen MR) is 190 cm³/mol. The van der Waals surface area contributed by atoms with Crippen molar-refractivity contribution in [2.45, 2.75) is 59.4 Å². The molecule has 13 heteroatoms. The Kier molecular flexibility index (Phi) is 14.1. The van der Waals surface area contributed by atoms with E-state index in [-0.39, 0.29) is 30.8 Å². The van der Waals surface area contributed by atoms with Gasteiger partial charge in [-0.3, -0.25) is 9.69 Å². The molecule has 0 bridgehead atoms. The molecule has 50 heavy (non-hydrogen) atoms. The van der Waals surface area contributed by atoms with Gasteiger partial charge in [0.2, 0.25) is 0 Å². The first-order valence-corrected chi connectivity index (χ1v) is 16.6. The van der Waals surface area contributed by atoms with Crippen LogP contribution in [-0.4, -0.2) is 37.0 Å². The Hall–Kier alpha value is -4.33. The van der Waals surface area contributed by atoms with Crippen LogP contribution >= 0.6 is 9.24 Å². The van der Waals surface area contributed by atoms with Crippen LogP contribution in [0, 0.1) is 18.0 Å². The lowest BCUT2D eigenvalue weighted by atomic mass is 9.97. The maximum atomic E-state index is 13.7. The lowest BCUT2D eigenvalue weighted by molar-refractivity contribution is -0.142. The van der Waals surface area contributed by atoms with E-state index in [0.717, 1.165) is 46.7 Å². The number of carbonyl (C=O) groups is 1. The predicted octanol–water partition coefficient (Wildman–Crippen LogP) is 9.39. The van der Waals surface area contributed by atoms with Crippen LogP contribution in [0.3, 0.4) is 0 Å². The first-order chi connectivity index (χ1) is 23.5. The molecule has 1 heterocycles. The summed E-state index contributed by atoms with van der Waals surface area (Å²) in [5.41, 5.74) is 9.95. The van der Waals surface area contributed by atoms with E-state index in [0.29, 0.717) is 42.6 Å². The second-order valence-corrected chi connectivity index (χ2v) is 12.2. The van der Waals surface area contributed by atoms with E-state index in [2.05, 4.69) is 18.3 Å². The van der Waals surface area contributed by atoms with Crippen molar-refractivity contribution in [1.82, 2.24) is 4.90 Å². The van der Waals surface area contributed by atoms with E-state index in [4.69, 9.17) is 11.0 Å². The van der Waals surface area contributed by atoms with Gasteiger partial charge in [0.15, 0.2) is 0 Å². The molecule has 3 aromatic rings. The molecule has 6 nitrogen and oxygen atoms in total. The van der Waals surface area contributed by atoms with Crippen molar-refractivity contribution in [1.29, 1.82) is 5.26 Å². The van der Waals surface area contributed by atoms with Gasteiger partial charge in [-0.15, -0.1) is 0 Å². The molecule has 1 amide bonds. The molecular weight excluding hydrogens is 675 g/mol. The zero-order valence-electron chi connectivity index (χ0n) is 28.5. The summed E-state index contributed by atoms with van der Waals surface area (Å²) in [4.78, 5) is 17.0. The quantitative estimate of drug-likeness (QED) is 0.131. The lowest BCUT2D eigenvalue weighted by Gasteiger charge is -2.37. The van der Waals surface area contributed by atoms with Crippen molar-refractivity contribution in [3.63, 3.8) is 0 Å². The van der Waals surface area contributed by atoms with Crippen LogP contribution in [0.5, 0.6) is 0 Å². The van der Waals surface area contributed by atoms with Gasteiger partial charge in [0, 0.05) is 60.9 Å². The number of nitrogens with two attached hydrogens (primary N) is 1. The minimum atomic E-state index is -4.94. The second kappa shape index (κ2) is 17.6. The van der Waals surface area contributed by atoms with E-state index in [1.54, 1.807) is 17.9 Å². The minimum absolute atomic E-state index is 0.172. The van der Waals surface area contributed by atoms with Crippen molar-refractivity contribution < 1.29 is 31.1 Å². The molecule has 0 aromatic heterocycles. The fraction of sp³-hybridized carbons (Fsp3) is 0.351. The SMILES string of the molecule is CCC/C=C(C)/C(C)=C(/N)c1cc(NC(=O)c2ccccc2CN2CCN(c3ccc(C(F)(F)F)cc3C(F)(F)F)CC2)ccc1C.N#CP. The van der Waals surface area contributed by atoms with Crippen LogP contribution in [0.2, 0.25) is 0 Å². The van der Waals surface area contributed by atoms with Crippen molar-refractivity contribution >= 4 is 32.2 Å². The Bertz CT molecular complexity index is 1750. The van der Waals surface area contributed by atoms with Gasteiger partial charge in [-0.05, 0) is 89.5 Å². The van der Waals surface area contributed by atoms with Gasteiger partial charge < -0.3 is 16.0 Å². The Morgan fingerprint density at radius 2 is 1.60 bits per heavy atom. The third-order valence-corrected chi connectivity index (χ3v) is 8.52. The van der Waals surface area contributed by atoms with Gasteiger partial charge in [0.05, 0.1) is 16.9 Å². The molecule has 3 aromatic carbocycles. The number of amides is 1. The zero-order chi connectivity index (χ0) is 37.2.